The van der Waals surface area contributed by atoms with Crippen molar-refractivity contribution in [2.45, 2.75) is 6.42 Å². The number of hydrogen-bond acceptors (Lipinski definition) is 4. The van der Waals surface area contributed by atoms with Crippen molar-refractivity contribution in [1.29, 1.82) is 0 Å². The number of β-amino-alcohol motifs (C(OH)–C–C–N with tert-alkyl or cyclic N) is 1. The first-order valence-corrected chi connectivity index (χ1v) is 6.58. The third kappa shape index (κ3) is 3.30. The van der Waals surface area contributed by atoms with Gasteiger partial charge >= 0.3 is 0 Å². The molecule has 1 aliphatic rings. The molecule has 1 fully saturated rings. The van der Waals surface area contributed by atoms with E-state index in [0.717, 1.165) is 26.1 Å². The molecule has 1 aromatic carbocycles. The smallest absolute Gasteiger partial charge is 0.152 e. The van der Waals surface area contributed by atoms with Crippen molar-refractivity contribution in [1.82, 2.24) is 4.90 Å². The normalized spacial score (nSPS) is 17.3. The number of nitrogens with zero attached hydrogens (tertiary/aromatic N) is 2. The molecular formula is C14H19FN2O2. The van der Waals surface area contributed by atoms with E-state index < -0.39 is 0 Å². The predicted molar refractivity (Wildman–Crippen MR) is 72.1 cm³/mol. The van der Waals surface area contributed by atoms with Crippen LogP contribution in [-0.2, 0) is 0 Å². The second kappa shape index (κ2) is 6.63. The summed E-state index contributed by atoms with van der Waals surface area (Å²) < 4.78 is 13.9. The highest BCUT2D eigenvalue weighted by atomic mass is 19.1. The third-order valence-corrected chi connectivity index (χ3v) is 3.47. The average molecular weight is 266 g/mol. The monoisotopic (exact) mass is 266 g/mol. The first-order chi connectivity index (χ1) is 9.26. The Morgan fingerprint density at radius 1 is 1.26 bits per heavy atom. The first kappa shape index (κ1) is 14.0. The van der Waals surface area contributed by atoms with Crippen molar-refractivity contribution in [3.8, 4) is 0 Å². The number of anilines is 1. The summed E-state index contributed by atoms with van der Waals surface area (Å²) >= 11 is 0. The summed E-state index contributed by atoms with van der Waals surface area (Å²) in [7, 11) is 0. The van der Waals surface area contributed by atoms with Crippen molar-refractivity contribution in [2.24, 2.45) is 0 Å². The fraction of sp³-hybridized carbons (Fsp3) is 0.500. The summed E-state index contributed by atoms with van der Waals surface area (Å²) in [4.78, 5) is 15.1. The van der Waals surface area contributed by atoms with Gasteiger partial charge in [-0.15, -0.1) is 0 Å². The average Bonchev–Trinajstić information content (AvgIpc) is 2.64. The van der Waals surface area contributed by atoms with Gasteiger partial charge < -0.3 is 10.0 Å². The highest BCUT2D eigenvalue weighted by Gasteiger charge is 2.19. The topological polar surface area (TPSA) is 43.8 Å². The molecule has 1 N–H and O–H groups in total. The molecule has 1 heterocycles. The van der Waals surface area contributed by atoms with E-state index >= 15 is 0 Å². The molecule has 1 aliphatic heterocycles. The molecule has 0 saturated carbocycles. The number of aliphatic hydroxyl groups is 1. The lowest BCUT2D eigenvalue weighted by molar-refractivity contribution is 0.112. The fourth-order valence-corrected chi connectivity index (χ4v) is 2.52. The van der Waals surface area contributed by atoms with E-state index in [1.807, 2.05) is 4.90 Å². The van der Waals surface area contributed by atoms with E-state index in [9.17, 15) is 9.18 Å². The number of hydrogen-bond donors (Lipinski definition) is 1. The van der Waals surface area contributed by atoms with Crippen molar-refractivity contribution in [3.05, 3.63) is 29.6 Å². The summed E-state index contributed by atoms with van der Waals surface area (Å²) in [5, 5.41) is 8.96. The van der Waals surface area contributed by atoms with Crippen LogP contribution in [0.3, 0.4) is 0 Å². The van der Waals surface area contributed by atoms with E-state index in [1.54, 1.807) is 12.1 Å². The van der Waals surface area contributed by atoms with E-state index in [0.29, 0.717) is 30.6 Å². The number of aliphatic hydroxyl groups excluding tert-OH is 1. The SMILES string of the molecule is O=Cc1cccc(F)c1N1CCCN(CCO)CC1. The van der Waals surface area contributed by atoms with Crippen LogP contribution in [0.25, 0.3) is 0 Å². The standard InChI is InChI=1S/C14H19FN2O2/c15-13-4-1-3-12(11-19)14(13)17-6-2-5-16(7-8-17)9-10-18/h1,3-4,11,18H,2,5-10H2. The lowest BCUT2D eigenvalue weighted by Crippen LogP contribution is -2.33. The number of halogens is 1. The van der Waals surface area contributed by atoms with Crippen LogP contribution in [0, 0.1) is 5.82 Å². The van der Waals surface area contributed by atoms with Gasteiger partial charge in [-0.1, -0.05) is 6.07 Å². The Labute approximate surface area is 112 Å². The molecule has 0 aliphatic carbocycles. The summed E-state index contributed by atoms with van der Waals surface area (Å²) in [6.07, 6.45) is 1.60. The summed E-state index contributed by atoms with van der Waals surface area (Å²) in [5.74, 6) is -0.347. The van der Waals surface area contributed by atoms with Crippen LogP contribution in [0.4, 0.5) is 10.1 Å². The summed E-state index contributed by atoms with van der Waals surface area (Å²) in [5.41, 5.74) is 0.805. The molecular weight excluding hydrogens is 247 g/mol. The highest BCUT2D eigenvalue weighted by molar-refractivity contribution is 5.84. The lowest BCUT2D eigenvalue weighted by atomic mass is 10.1. The van der Waals surface area contributed by atoms with Gasteiger partial charge in [-0.3, -0.25) is 9.69 Å². The van der Waals surface area contributed by atoms with Crippen LogP contribution in [0.2, 0.25) is 0 Å². The first-order valence-electron chi connectivity index (χ1n) is 6.58. The zero-order valence-electron chi connectivity index (χ0n) is 10.9. The minimum Gasteiger partial charge on any atom is -0.395 e. The molecule has 2 rings (SSSR count). The maximum atomic E-state index is 13.9. The molecule has 1 saturated heterocycles. The van der Waals surface area contributed by atoms with Crippen LogP contribution in [-0.4, -0.2) is 55.6 Å². The number of carbonyl (C=O) groups excluding carboxylic acids is 1. The van der Waals surface area contributed by atoms with Gasteiger partial charge in [0.15, 0.2) is 6.29 Å². The van der Waals surface area contributed by atoms with E-state index in [-0.39, 0.29) is 12.4 Å². The van der Waals surface area contributed by atoms with Gasteiger partial charge in [-0.05, 0) is 25.1 Å². The molecule has 0 spiro atoms. The van der Waals surface area contributed by atoms with Crippen LogP contribution >= 0.6 is 0 Å². The summed E-state index contributed by atoms with van der Waals surface area (Å²) in [6.45, 7) is 3.84. The quantitative estimate of drug-likeness (QED) is 0.830. The maximum absolute atomic E-state index is 13.9. The highest BCUT2D eigenvalue weighted by Crippen LogP contribution is 2.24. The molecule has 0 aromatic heterocycles. The predicted octanol–water partition coefficient (Wildman–Crippen LogP) is 1.14. The molecule has 4 nitrogen and oxygen atoms in total. The molecule has 0 atom stereocenters. The van der Waals surface area contributed by atoms with Gasteiger partial charge in [0.1, 0.15) is 5.82 Å². The Balaban J connectivity index is 2.16. The minimum absolute atomic E-state index is 0.138. The van der Waals surface area contributed by atoms with Crippen LogP contribution in [0.15, 0.2) is 18.2 Å². The Kier molecular flexibility index (Phi) is 4.87. The van der Waals surface area contributed by atoms with Crippen molar-refractivity contribution in [2.75, 3.05) is 44.2 Å². The van der Waals surface area contributed by atoms with Crippen LogP contribution in [0.5, 0.6) is 0 Å². The molecule has 1 aromatic rings. The van der Waals surface area contributed by atoms with E-state index in [1.165, 1.54) is 6.07 Å². The Bertz CT molecular complexity index is 439. The Hall–Kier alpha value is -1.46. The van der Waals surface area contributed by atoms with Gasteiger partial charge in [0.25, 0.3) is 0 Å². The van der Waals surface area contributed by atoms with Crippen molar-refractivity contribution in [3.63, 3.8) is 0 Å². The summed E-state index contributed by atoms with van der Waals surface area (Å²) in [6, 6.07) is 4.58. The van der Waals surface area contributed by atoms with E-state index in [4.69, 9.17) is 5.11 Å². The second-order valence-electron chi connectivity index (χ2n) is 4.70. The van der Waals surface area contributed by atoms with Crippen molar-refractivity contribution < 1.29 is 14.3 Å². The van der Waals surface area contributed by atoms with Gasteiger partial charge in [0, 0.05) is 31.7 Å². The number of benzene rings is 1. The number of para-hydroxylation sites is 1. The van der Waals surface area contributed by atoms with E-state index in [2.05, 4.69) is 4.90 Å². The lowest BCUT2D eigenvalue weighted by Gasteiger charge is -2.25. The zero-order chi connectivity index (χ0) is 13.7. The number of aldehydes is 1. The molecule has 0 amide bonds. The Morgan fingerprint density at radius 3 is 2.84 bits per heavy atom. The fourth-order valence-electron chi connectivity index (χ4n) is 2.52. The minimum atomic E-state index is -0.347. The third-order valence-electron chi connectivity index (χ3n) is 3.47. The van der Waals surface area contributed by atoms with Gasteiger partial charge in [0.2, 0.25) is 0 Å². The van der Waals surface area contributed by atoms with Gasteiger partial charge in [-0.25, -0.2) is 4.39 Å². The van der Waals surface area contributed by atoms with Crippen LogP contribution in [0.1, 0.15) is 16.8 Å². The molecule has 19 heavy (non-hydrogen) atoms. The molecule has 0 bridgehead atoms. The van der Waals surface area contributed by atoms with Crippen LogP contribution < -0.4 is 4.90 Å². The maximum Gasteiger partial charge on any atom is 0.152 e. The number of carbonyl (C=O) groups is 1. The Morgan fingerprint density at radius 2 is 2.11 bits per heavy atom. The molecule has 0 radical (unpaired) electrons. The molecule has 5 heteroatoms. The molecule has 0 unspecified atom stereocenters. The van der Waals surface area contributed by atoms with Gasteiger partial charge in [0.05, 0.1) is 12.3 Å². The molecule has 104 valence electrons. The largest absolute Gasteiger partial charge is 0.395 e. The van der Waals surface area contributed by atoms with Crippen molar-refractivity contribution >= 4 is 12.0 Å². The second-order valence-corrected chi connectivity index (χ2v) is 4.70. The zero-order valence-corrected chi connectivity index (χ0v) is 10.9. The number of rotatable bonds is 4. The van der Waals surface area contributed by atoms with Gasteiger partial charge in [-0.2, -0.15) is 0 Å².